The van der Waals surface area contributed by atoms with Gasteiger partial charge in [0.2, 0.25) is 0 Å². The number of fused-ring (bicyclic) bond motifs is 1. The Hall–Kier alpha value is -1.81. The van der Waals surface area contributed by atoms with Gasteiger partial charge in [-0.3, -0.25) is 9.25 Å². The molecule has 3 rings (SSSR count). The molecule has 0 saturated carbocycles. The van der Waals surface area contributed by atoms with E-state index in [1.54, 1.807) is 0 Å². The molecule has 2 aromatic heterocycles. The number of nitrogens with zero attached hydrogens (tertiary/aromatic N) is 4. The summed E-state index contributed by atoms with van der Waals surface area (Å²) in [5.41, 5.74) is 5.24. The summed E-state index contributed by atoms with van der Waals surface area (Å²) >= 11 is 6.04. The minimum atomic E-state index is 0.377. The Labute approximate surface area is 116 Å². The van der Waals surface area contributed by atoms with Crippen molar-refractivity contribution < 1.29 is 0 Å². The number of benzene rings is 1. The monoisotopic (exact) mass is 274 g/mol. The second-order valence-electron chi connectivity index (χ2n) is 4.76. The van der Waals surface area contributed by atoms with E-state index >= 15 is 0 Å². The quantitative estimate of drug-likeness (QED) is 0.673. The van der Waals surface area contributed by atoms with E-state index in [4.69, 9.17) is 11.6 Å². The van der Waals surface area contributed by atoms with Crippen LogP contribution in [-0.4, -0.2) is 19.3 Å². The van der Waals surface area contributed by atoms with Crippen molar-refractivity contribution in [2.45, 2.75) is 19.7 Å². The molecule has 98 valence electrons. The van der Waals surface area contributed by atoms with Crippen LogP contribution in [0.15, 0.2) is 24.4 Å². The summed E-state index contributed by atoms with van der Waals surface area (Å²) in [5.74, 6) is 1.22. The van der Waals surface area contributed by atoms with Gasteiger partial charge in [-0.1, -0.05) is 6.07 Å². The molecule has 4 nitrogen and oxygen atoms in total. The van der Waals surface area contributed by atoms with E-state index in [0.717, 1.165) is 28.2 Å². The van der Waals surface area contributed by atoms with Crippen LogP contribution in [0.3, 0.4) is 0 Å². The first-order valence-electron chi connectivity index (χ1n) is 6.14. The summed E-state index contributed by atoms with van der Waals surface area (Å²) in [5, 5.41) is 4.40. The van der Waals surface area contributed by atoms with Crippen LogP contribution in [0.1, 0.15) is 17.1 Å². The Morgan fingerprint density at radius 3 is 2.68 bits per heavy atom. The molecule has 0 bridgehead atoms. The molecule has 19 heavy (non-hydrogen) atoms. The second-order valence-corrected chi connectivity index (χ2v) is 5.03. The van der Waals surface area contributed by atoms with Crippen LogP contribution in [-0.2, 0) is 12.9 Å². The number of rotatable bonds is 2. The summed E-state index contributed by atoms with van der Waals surface area (Å²) < 4.78 is 3.90. The molecule has 0 spiro atoms. The first kappa shape index (κ1) is 12.2. The van der Waals surface area contributed by atoms with Crippen LogP contribution in [0.25, 0.3) is 16.7 Å². The van der Waals surface area contributed by atoms with E-state index < -0.39 is 0 Å². The van der Waals surface area contributed by atoms with Crippen molar-refractivity contribution in [3.8, 4) is 5.69 Å². The summed E-state index contributed by atoms with van der Waals surface area (Å²) in [4.78, 5) is 4.59. The topological polar surface area (TPSA) is 35.6 Å². The molecule has 0 aliphatic heterocycles. The molecular formula is C14H15ClN4. The third-order valence-corrected chi connectivity index (χ3v) is 3.47. The van der Waals surface area contributed by atoms with E-state index in [1.807, 2.05) is 30.9 Å². The minimum absolute atomic E-state index is 0.377. The summed E-state index contributed by atoms with van der Waals surface area (Å²) in [6, 6.07) is 6.22. The lowest BCUT2D eigenvalue weighted by molar-refractivity contribution is 0.756. The normalized spacial score (nSPS) is 11.4. The van der Waals surface area contributed by atoms with Crippen LogP contribution >= 0.6 is 11.6 Å². The molecule has 0 aliphatic rings. The van der Waals surface area contributed by atoms with Gasteiger partial charge in [0.05, 0.1) is 28.3 Å². The van der Waals surface area contributed by atoms with Gasteiger partial charge in [0.15, 0.2) is 0 Å². The molecule has 5 heteroatoms. The van der Waals surface area contributed by atoms with Gasteiger partial charge in [-0.05, 0) is 31.5 Å². The van der Waals surface area contributed by atoms with Gasteiger partial charge in [-0.25, -0.2) is 4.98 Å². The summed E-state index contributed by atoms with van der Waals surface area (Å²) in [6.07, 6.45) is 1.99. The molecule has 0 unspecified atom stereocenters. The lowest BCUT2D eigenvalue weighted by Crippen LogP contribution is -1.99. The molecule has 0 fully saturated rings. The fraction of sp³-hybridized carbons (Fsp3) is 0.286. The standard InChI is InChI=1S/C14H15ClN4/c1-9-4-5-11-12(6-9)19(14(7-15)16-11)13-8-18(3)17-10(13)2/h4-6,8H,7H2,1-3H3. The van der Waals surface area contributed by atoms with E-state index in [2.05, 4.69) is 33.7 Å². The van der Waals surface area contributed by atoms with Crippen LogP contribution in [0, 0.1) is 13.8 Å². The molecule has 0 N–H and O–H groups in total. The van der Waals surface area contributed by atoms with E-state index in [1.165, 1.54) is 5.56 Å². The number of hydrogen-bond donors (Lipinski definition) is 0. The fourth-order valence-electron chi connectivity index (χ4n) is 2.40. The van der Waals surface area contributed by atoms with Crippen molar-refractivity contribution in [2.24, 2.45) is 7.05 Å². The zero-order chi connectivity index (χ0) is 13.6. The molecule has 3 aromatic rings. The Kier molecular flexibility index (Phi) is 2.82. The number of hydrogen-bond acceptors (Lipinski definition) is 2. The van der Waals surface area contributed by atoms with Gasteiger partial charge >= 0.3 is 0 Å². The molecule has 0 saturated heterocycles. The number of aromatic nitrogens is 4. The Bertz CT molecular complexity index is 754. The third-order valence-electron chi connectivity index (χ3n) is 3.23. The Morgan fingerprint density at radius 2 is 2.05 bits per heavy atom. The largest absolute Gasteiger partial charge is 0.292 e. The van der Waals surface area contributed by atoms with Gasteiger partial charge in [-0.15, -0.1) is 11.6 Å². The van der Waals surface area contributed by atoms with E-state index in [-0.39, 0.29) is 0 Å². The highest BCUT2D eigenvalue weighted by Crippen LogP contribution is 2.25. The van der Waals surface area contributed by atoms with Gasteiger partial charge in [0.25, 0.3) is 0 Å². The molecule has 0 radical (unpaired) electrons. The Balaban J connectivity index is 2.37. The van der Waals surface area contributed by atoms with Crippen molar-refractivity contribution in [3.05, 3.63) is 41.5 Å². The zero-order valence-corrected chi connectivity index (χ0v) is 11.9. The second kappa shape index (κ2) is 4.38. The molecule has 2 heterocycles. The lowest BCUT2D eigenvalue weighted by atomic mass is 10.2. The van der Waals surface area contributed by atoms with Crippen molar-refractivity contribution >= 4 is 22.6 Å². The van der Waals surface area contributed by atoms with Gasteiger partial charge < -0.3 is 0 Å². The van der Waals surface area contributed by atoms with Gasteiger partial charge in [0.1, 0.15) is 5.82 Å². The molecule has 1 aromatic carbocycles. The summed E-state index contributed by atoms with van der Waals surface area (Å²) in [6.45, 7) is 4.07. The number of aryl methyl sites for hydroxylation is 3. The van der Waals surface area contributed by atoms with Crippen LogP contribution in [0.5, 0.6) is 0 Å². The fourth-order valence-corrected chi connectivity index (χ4v) is 2.58. The average Bonchev–Trinajstić information content (AvgIpc) is 2.88. The maximum absolute atomic E-state index is 6.04. The predicted molar refractivity (Wildman–Crippen MR) is 76.9 cm³/mol. The SMILES string of the molecule is Cc1ccc2nc(CCl)n(-c3cn(C)nc3C)c2c1. The zero-order valence-electron chi connectivity index (χ0n) is 11.2. The third kappa shape index (κ3) is 1.92. The number of imidazole rings is 1. The van der Waals surface area contributed by atoms with Crippen molar-refractivity contribution in [2.75, 3.05) is 0 Å². The minimum Gasteiger partial charge on any atom is -0.292 e. The number of alkyl halides is 1. The predicted octanol–water partition coefficient (Wildman–Crippen LogP) is 3.11. The van der Waals surface area contributed by atoms with Gasteiger partial charge in [0, 0.05) is 13.2 Å². The van der Waals surface area contributed by atoms with Crippen molar-refractivity contribution in [1.82, 2.24) is 19.3 Å². The smallest absolute Gasteiger partial charge is 0.129 e. The van der Waals surface area contributed by atoms with Gasteiger partial charge in [-0.2, -0.15) is 5.10 Å². The Morgan fingerprint density at radius 1 is 1.26 bits per heavy atom. The highest BCUT2D eigenvalue weighted by Gasteiger charge is 2.15. The molecule has 0 atom stereocenters. The lowest BCUT2D eigenvalue weighted by Gasteiger charge is -2.06. The van der Waals surface area contributed by atoms with Crippen LogP contribution in [0.4, 0.5) is 0 Å². The maximum atomic E-state index is 6.04. The van der Waals surface area contributed by atoms with Crippen molar-refractivity contribution in [1.29, 1.82) is 0 Å². The summed E-state index contributed by atoms with van der Waals surface area (Å²) in [7, 11) is 1.92. The first-order chi connectivity index (χ1) is 9.10. The average molecular weight is 275 g/mol. The molecular weight excluding hydrogens is 260 g/mol. The van der Waals surface area contributed by atoms with Crippen molar-refractivity contribution in [3.63, 3.8) is 0 Å². The van der Waals surface area contributed by atoms with E-state index in [9.17, 15) is 0 Å². The first-order valence-corrected chi connectivity index (χ1v) is 6.68. The van der Waals surface area contributed by atoms with E-state index in [0.29, 0.717) is 5.88 Å². The highest BCUT2D eigenvalue weighted by atomic mass is 35.5. The molecule has 0 aliphatic carbocycles. The number of halogens is 1. The van der Waals surface area contributed by atoms with Crippen LogP contribution in [0.2, 0.25) is 0 Å². The maximum Gasteiger partial charge on any atom is 0.129 e. The molecule has 0 amide bonds. The highest BCUT2D eigenvalue weighted by molar-refractivity contribution is 6.17. The van der Waals surface area contributed by atoms with Crippen LogP contribution < -0.4 is 0 Å².